The van der Waals surface area contributed by atoms with Gasteiger partial charge in [0.05, 0.1) is 0 Å². The number of carbonyl (C=O) groups excluding carboxylic acids is 1. The van der Waals surface area contributed by atoms with Crippen LogP contribution in [0.1, 0.15) is 57.8 Å². The van der Waals surface area contributed by atoms with Gasteiger partial charge in [0.15, 0.2) is 6.79 Å². The molecule has 5 heteroatoms. The Morgan fingerprint density at radius 2 is 1.41 bits per heavy atom. The predicted molar refractivity (Wildman–Crippen MR) is 83.1 cm³/mol. The van der Waals surface area contributed by atoms with Crippen LogP contribution in [0.4, 0.5) is 0 Å². The highest BCUT2D eigenvalue weighted by Crippen LogP contribution is 2.36. The van der Waals surface area contributed by atoms with Crippen molar-refractivity contribution in [3.63, 3.8) is 0 Å². The molecule has 2 N–H and O–H groups in total. The summed E-state index contributed by atoms with van der Waals surface area (Å²) in [5, 5.41) is 17.5. The monoisotopic (exact) mass is 310 g/mol. The van der Waals surface area contributed by atoms with Gasteiger partial charge in [-0.25, -0.2) is 9.59 Å². The molecule has 1 aliphatic carbocycles. The summed E-state index contributed by atoms with van der Waals surface area (Å²) in [5.74, 6) is -1.59. The van der Waals surface area contributed by atoms with E-state index in [2.05, 4.69) is 4.74 Å². The lowest BCUT2D eigenvalue weighted by Gasteiger charge is -2.28. The Balaban J connectivity index is 2.89. The number of carbonyl (C=O) groups is 2. The number of carboxylic acids is 1. The highest BCUT2D eigenvalue weighted by atomic mass is 16.6. The van der Waals surface area contributed by atoms with E-state index in [0.717, 1.165) is 44.6 Å². The number of aliphatic hydroxyl groups is 1. The van der Waals surface area contributed by atoms with Crippen molar-refractivity contribution in [3.8, 4) is 0 Å². The molecule has 0 aliphatic heterocycles. The van der Waals surface area contributed by atoms with E-state index in [1.165, 1.54) is 25.3 Å². The number of rotatable bonds is 5. The summed E-state index contributed by atoms with van der Waals surface area (Å²) < 4.78 is 4.49. The fourth-order valence-electron chi connectivity index (χ4n) is 2.89. The lowest BCUT2D eigenvalue weighted by molar-refractivity contribution is -0.145. The summed E-state index contributed by atoms with van der Waals surface area (Å²) in [6.07, 6.45) is 15.5. The summed E-state index contributed by atoms with van der Waals surface area (Å²) in [4.78, 5) is 22.3. The van der Waals surface area contributed by atoms with E-state index in [1.54, 1.807) is 12.2 Å². The molecule has 1 aliphatic rings. The topological polar surface area (TPSA) is 83.8 Å². The molecule has 0 unspecified atom stereocenters. The molecule has 22 heavy (non-hydrogen) atoms. The van der Waals surface area contributed by atoms with Crippen molar-refractivity contribution in [2.45, 2.75) is 57.8 Å². The molecule has 0 saturated heterocycles. The van der Waals surface area contributed by atoms with Crippen molar-refractivity contribution < 1.29 is 24.5 Å². The van der Waals surface area contributed by atoms with Gasteiger partial charge in [-0.2, -0.15) is 0 Å². The summed E-state index contributed by atoms with van der Waals surface area (Å²) in [6.45, 7) is -0.652. The minimum atomic E-state index is -0.984. The number of allylic oxidation sites excluding steroid dienone is 2. The maximum absolute atomic E-state index is 11.4. The average Bonchev–Trinajstić information content (AvgIpc) is 2.50. The quantitative estimate of drug-likeness (QED) is 0.463. The Morgan fingerprint density at radius 3 is 1.91 bits per heavy atom. The van der Waals surface area contributed by atoms with Crippen LogP contribution in [-0.4, -0.2) is 28.9 Å². The second-order valence-electron chi connectivity index (χ2n) is 5.81. The number of esters is 1. The maximum atomic E-state index is 11.4. The van der Waals surface area contributed by atoms with Gasteiger partial charge in [0, 0.05) is 17.6 Å². The first-order valence-corrected chi connectivity index (χ1v) is 7.97. The first kappa shape index (κ1) is 18.4. The van der Waals surface area contributed by atoms with E-state index in [-0.39, 0.29) is 0 Å². The molecule has 0 atom stereocenters. The van der Waals surface area contributed by atoms with E-state index in [4.69, 9.17) is 10.2 Å². The fraction of sp³-hybridized carbons (Fsp3) is 0.647. The van der Waals surface area contributed by atoms with Gasteiger partial charge in [-0.05, 0) is 12.8 Å². The summed E-state index contributed by atoms with van der Waals surface area (Å²) in [6, 6.07) is 0. The third kappa shape index (κ3) is 7.41. The zero-order valence-electron chi connectivity index (χ0n) is 13.0. The molecular formula is C17H26O5. The molecule has 0 spiro atoms. The molecule has 1 fully saturated rings. The Hall–Kier alpha value is -1.62. The first-order valence-electron chi connectivity index (χ1n) is 7.97. The van der Waals surface area contributed by atoms with Crippen LogP contribution in [0, 0.1) is 5.41 Å². The Morgan fingerprint density at radius 1 is 0.909 bits per heavy atom. The lowest BCUT2D eigenvalue weighted by atomic mass is 9.76. The maximum Gasteiger partial charge on any atom is 0.332 e. The van der Waals surface area contributed by atoms with Gasteiger partial charge in [-0.15, -0.1) is 0 Å². The van der Waals surface area contributed by atoms with Crippen molar-refractivity contribution in [2.24, 2.45) is 5.41 Å². The van der Waals surface area contributed by atoms with Gasteiger partial charge in [-0.3, -0.25) is 0 Å². The minimum Gasteiger partial charge on any atom is -0.478 e. The summed E-state index contributed by atoms with van der Waals surface area (Å²) >= 11 is 0. The first-order chi connectivity index (χ1) is 10.6. The molecule has 0 heterocycles. The van der Waals surface area contributed by atoms with Gasteiger partial charge in [0.2, 0.25) is 0 Å². The summed E-state index contributed by atoms with van der Waals surface area (Å²) in [7, 11) is 0. The molecule has 124 valence electrons. The molecule has 1 rings (SSSR count). The standard InChI is InChI=1S/C17H26O5/c18-14-22-16(21)9-13-17(12-8-15(19)20)10-6-4-2-1-3-5-7-11-17/h8-9,12-13,18H,1-7,10-11,14H2,(H,19,20). The second kappa shape index (κ2) is 10.2. The average molecular weight is 310 g/mol. The van der Waals surface area contributed by atoms with Gasteiger partial charge in [0.1, 0.15) is 0 Å². The van der Waals surface area contributed by atoms with Gasteiger partial charge in [-0.1, -0.05) is 57.1 Å². The summed E-state index contributed by atoms with van der Waals surface area (Å²) in [5.41, 5.74) is -0.426. The van der Waals surface area contributed by atoms with Crippen LogP contribution in [0.3, 0.4) is 0 Å². The van der Waals surface area contributed by atoms with E-state index in [0.29, 0.717) is 0 Å². The van der Waals surface area contributed by atoms with Crippen LogP contribution < -0.4 is 0 Å². The van der Waals surface area contributed by atoms with Crippen LogP contribution in [0.5, 0.6) is 0 Å². The van der Waals surface area contributed by atoms with Gasteiger partial charge >= 0.3 is 11.9 Å². The number of aliphatic hydroxyl groups excluding tert-OH is 1. The van der Waals surface area contributed by atoms with Crippen molar-refractivity contribution in [1.82, 2.24) is 0 Å². The number of hydrogen-bond donors (Lipinski definition) is 2. The zero-order chi connectivity index (χ0) is 16.3. The van der Waals surface area contributed by atoms with E-state index in [1.807, 2.05) is 0 Å². The van der Waals surface area contributed by atoms with Crippen LogP contribution in [-0.2, 0) is 14.3 Å². The minimum absolute atomic E-state index is 0.426. The zero-order valence-corrected chi connectivity index (χ0v) is 13.0. The van der Waals surface area contributed by atoms with Crippen molar-refractivity contribution in [3.05, 3.63) is 24.3 Å². The molecule has 5 nitrogen and oxygen atoms in total. The van der Waals surface area contributed by atoms with Gasteiger partial charge in [0.25, 0.3) is 0 Å². The third-order valence-electron chi connectivity index (χ3n) is 4.10. The number of hydrogen-bond acceptors (Lipinski definition) is 4. The Bertz CT molecular complexity index is 401. The molecule has 0 bridgehead atoms. The number of aliphatic carboxylic acids is 1. The van der Waals surface area contributed by atoms with Crippen molar-refractivity contribution in [1.29, 1.82) is 0 Å². The predicted octanol–water partition coefficient (Wildman–Crippen LogP) is 3.19. The van der Waals surface area contributed by atoms with Crippen LogP contribution in [0.15, 0.2) is 24.3 Å². The molecule has 0 radical (unpaired) electrons. The second-order valence-corrected chi connectivity index (χ2v) is 5.81. The normalized spacial score (nSPS) is 20.0. The van der Waals surface area contributed by atoms with Crippen LogP contribution in [0.2, 0.25) is 0 Å². The largest absolute Gasteiger partial charge is 0.478 e. The smallest absolute Gasteiger partial charge is 0.332 e. The number of ether oxygens (including phenoxy) is 1. The Kier molecular flexibility index (Phi) is 8.51. The molecule has 0 amide bonds. The van der Waals surface area contributed by atoms with Crippen LogP contribution in [0.25, 0.3) is 0 Å². The highest BCUT2D eigenvalue weighted by Gasteiger charge is 2.24. The molecule has 1 saturated carbocycles. The lowest BCUT2D eigenvalue weighted by Crippen LogP contribution is -2.17. The SMILES string of the molecule is O=C(O)C=CC1(C=CC(=O)OCO)CCCCCCCCC1. The van der Waals surface area contributed by atoms with E-state index < -0.39 is 24.1 Å². The van der Waals surface area contributed by atoms with Gasteiger partial charge < -0.3 is 14.9 Å². The Labute approximate surface area is 131 Å². The van der Waals surface area contributed by atoms with Crippen molar-refractivity contribution >= 4 is 11.9 Å². The van der Waals surface area contributed by atoms with Crippen LogP contribution >= 0.6 is 0 Å². The van der Waals surface area contributed by atoms with E-state index >= 15 is 0 Å². The van der Waals surface area contributed by atoms with Crippen molar-refractivity contribution in [2.75, 3.05) is 6.79 Å². The third-order valence-corrected chi connectivity index (χ3v) is 4.10. The molecule has 0 aromatic carbocycles. The highest BCUT2D eigenvalue weighted by molar-refractivity contribution is 5.82. The number of carboxylic acid groups (broad SMARTS) is 1. The van der Waals surface area contributed by atoms with E-state index in [9.17, 15) is 9.59 Å². The molecule has 0 aromatic heterocycles. The molecular weight excluding hydrogens is 284 g/mol. The molecule has 0 aromatic rings. The fourth-order valence-corrected chi connectivity index (χ4v) is 2.89.